The lowest BCUT2D eigenvalue weighted by Crippen LogP contribution is -1.97. The first-order chi connectivity index (χ1) is 8.06. The molecule has 0 aliphatic carbocycles. The highest BCUT2D eigenvalue weighted by atomic mass is 79.9. The predicted octanol–water partition coefficient (Wildman–Crippen LogP) is 4.24. The van der Waals surface area contributed by atoms with Gasteiger partial charge in [0.25, 0.3) is 0 Å². The molecule has 2 aromatic rings. The van der Waals surface area contributed by atoms with E-state index in [0.29, 0.717) is 0 Å². The number of nitrogens with two attached hydrogens (primary N) is 1. The smallest absolute Gasteiger partial charge is 0.0346 e. The first-order valence-electron chi connectivity index (χ1n) is 5.66. The normalized spacial score (nSPS) is 10.5. The van der Waals surface area contributed by atoms with Crippen molar-refractivity contribution in [3.8, 4) is 0 Å². The van der Waals surface area contributed by atoms with Crippen molar-refractivity contribution in [1.29, 1.82) is 0 Å². The summed E-state index contributed by atoms with van der Waals surface area (Å²) < 4.78 is 1.12. The zero-order valence-corrected chi connectivity index (χ0v) is 11.7. The highest BCUT2D eigenvalue weighted by molar-refractivity contribution is 9.10. The van der Waals surface area contributed by atoms with Gasteiger partial charge in [-0.1, -0.05) is 34.1 Å². The second-order valence-electron chi connectivity index (χ2n) is 4.44. The van der Waals surface area contributed by atoms with Crippen LogP contribution in [0.3, 0.4) is 0 Å². The monoisotopic (exact) mass is 289 g/mol. The molecule has 2 rings (SSSR count). The van der Waals surface area contributed by atoms with E-state index in [1.165, 1.54) is 16.7 Å². The van der Waals surface area contributed by atoms with Gasteiger partial charge in [-0.2, -0.15) is 0 Å². The van der Waals surface area contributed by atoms with Gasteiger partial charge in [0.2, 0.25) is 0 Å². The number of anilines is 1. The first kappa shape index (κ1) is 12.2. The van der Waals surface area contributed by atoms with Gasteiger partial charge in [-0.15, -0.1) is 0 Å². The van der Waals surface area contributed by atoms with Crippen LogP contribution in [0.25, 0.3) is 0 Å². The average molecular weight is 290 g/mol. The second kappa shape index (κ2) is 4.92. The SMILES string of the molecule is Cc1cc(Cc2ccc(Br)cc2)c(C)cc1N. The van der Waals surface area contributed by atoms with Gasteiger partial charge >= 0.3 is 0 Å². The number of benzene rings is 2. The fourth-order valence-electron chi connectivity index (χ4n) is 1.91. The summed E-state index contributed by atoms with van der Waals surface area (Å²) in [6, 6.07) is 12.7. The van der Waals surface area contributed by atoms with E-state index >= 15 is 0 Å². The van der Waals surface area contributed by atoms with Crippen molar-refractivity contribution in [3.05, 3.63) is 63.1 Å². The molecule has 0 bridgehead atoms. The number of aryl methyl sites for hydroxylation is 2. The van der Waals surface area contributed by atoms with E-state index in [1.54, 1.807) is 0 Å². The maximum absolute atomic E-state index is 5.90. The topological polar surface area (TPSA) is 26.0 Å². The van der Waals surface area contributed by atoms with Crippen LogP contribution in [0.4, 0.5) is 5.69 Å². The van der Waals surface area contributed by atoms with Crippen molar-refractivity contribution in [1.82, 2.24) is 0 Å². The van der Waals surface area contributed by atoms with Crippen LogP contribution in [-0.4, -0.2) is 0 Å². The van der Waals surface area contributed by atoms with Gasteiger partial charge in [0.05, 0.1) is 0 Å². The van der Waals surface area contributed by atoms with E-state index < -0.39 is 0 Å². The van der Waals surface area contributed by atoms with Crippen LogP contribution in [-0.2, 0) is 6.42 Å². The molecule has 0 spiro atoms. The van der Waals surface area contributed by atoms with Gasteiger partial charge in [0, 0.05) is 10.2 Å². The zero-order chi connectivity index (χ0) is 12.4. The van der Waals surface area contributed by atoms with E-state index in [9.17, 15) is 0 Å². The molecular formula is C15H16BrN. The van der Waals surface area contributed by atoms with Gasteiger partial charge in [-0.3, -0.25) is 0 Å². The molecule has 0 radical (unpaired) electrons. The molecule has 0 aliphatic heterocycles. The largest absolute Gasteiger partial charge is 0.399 e. The summed E-state index contributed by atoms with van der Waals surface area (Å²) in [5.74, 6) is 0. The minimum atomic E-state index is 0.877. The van der Waals surface area contributed by atoms with Crippen molar-refractivity contribution in [2.45, 2.75) is 20.3 Å². The molecule has 0 amide bonds. The predicted molar refractivity (Wildman–Crippen MR) is 77.3 cm³/mol. The summed E-state index contributed by atoms with van der Waals surface area (Å²) in [7, 11) is 0. The van der Waals surface area contributed by atoms with E-state index in [0.717, 1.165) is 22.1 Å². The van der Waals surface area contributed by atoms with Crippen molar-refractivity contribution < 1.29 is 0 Å². The van der Waals surface area contributed by atoms with Gasteiger partial charge < -0.3 is 5.73 Å². The third-order valence-electron chi connectivity index (χ3n) is 3.03. The Morgan fingerprint density at radius 3 is 2.29 bits per heavy atom. The lowest BCUT2D eigenvalue weighted by Gasteiger charge is -2.10. The first-order valence-corrected chi connectivity index (χ1v) is 6.45. The van der Waals surface area contributed by atoms with Gasteiger partial charge in [-0.25, -0.2) is 0 Å². The van der Waals surface area contributed by atoms with Crippen LogP contribution < -0.4 is 5.73 Å². The number of nitrogen functional groups attached to an aromatic ring is 1. The summed E-state index contributed by atoms with van der Waals surface area (Å²) in [5, 5.41) is 0. The van der Waals surface area contributed by atoms with Crippen LogP contribution in [0.5, 0.6) is 0 Å². The molecule has 2 aromatic carbocycles. The summed E-state index contributed by atoms with van der Waals surface area (Å²) in [5.41, 5.74) is 11.9. The molecule has 0 aliphatic rings. The van der Waals surface area contributed by atoms with Crippen LogP contribution in [0.2, 0.25) is 0 Å². The van der Waals surface area contributed by atoms with Crippen LogP contribution in [0.15, 0.2) is 40.9 Å². The Morgan fingerprint density at radius 1 is 1.00 bits per heavy atom. The zero-order valence-electron chi connectivity index (χ0n) is 10.1. The maximum atomic E-state index is 5.90. The van der Waals surface area contributed by atoms with Crippen LogP contribution in [0, 0.1) is 13.8 Å². The third-order valence-corrected chi connectivity index (χ3v) is 3.56. The van der Waals surface area contributed by atoms with Crippen LogP contribution >= 0.6 is 15.9 Å². The molecule has 0 fully saturated rings. The number of hydrogen-bond acceptors (Lipinski definition) is 1. The van der Waals surface area contributed by atoms with E-state index in [4.69, 9.17) is 5.73 Å². The molecular weight excluding hydrogens is 274 g/mol. The molecule has 0 saturated carbocycles. The minimum absolute atomic E-state index is 0.877. The van der Waals surface area contributed by atoms with E-state index in [1.807, 2.05) is 0 Å². The fourth-order valence-corrected chi connectivity index (χ4v) is 2.18. The summed E-state index contributed by atoms with van der Waals surface area (Å²) in [6.07, 6.45) is 0.959. The van der Waals surface area contributed by atoms with Crippen molar-refractivity contribution in [3.63, 3.8) is 0 Å². The summed E-state index contributed by atoms with van der Waals surface area (Å²) >= 11 is 3.45. The highest BCUT2D eigenvalue weighted by Gasteiger charge is 2.03. The number of hydrogen-bond donors (Lipinski definition) is 1. The molecule has 0 unspecified atom stereocenters. The molecule has 0 atom stereocenters. The van der Waals surface area contributed by atoms with Crippen LogP contribution in [0.1, 0.15) is 22.3 Å². The number of rotatable bonds is 2. The standard InChI is InChI=1S/C15H16BrN/c1-10-8-15(17)11(2)7-13(10)9-12-3-5-14(16)6-4-12/h3-8H,9,17H2,1-2H3. The van der Waals surface area contributed by atoms with Crippen molar-refractivity contribution in [2.24, 2.45) is 0 Å². The fraction of sp³-hybridized carbons (Fsp3) is 0.200. The van der Waals surface area contributed by atoms with Crippen molar-refractivity contribution in [2.75, 3.05) is 5.73 Å². The van der Waals surface area contributed by atoms with Gasteiger partial charge in [-0.05, 0) is 60.7 Å². The Bertz CT molecular complexity index is 529. The summed E-state index contributed by atoms with van der Waals surface area (Å²) in [4.78, 5) is 0. The third kappa shape index (κ3) is 2.89. The van der Waals surface area contributed by atoms with Crippen molar-refractivity contribution >= 4 is 21.6 Å². The molecule has 88 valence electrons. The van der Waals surface area contributed by atoms with E-state index in [-0.39, 0.29) is 0 Å². The van der Waals surface area contributed by atoms with Gasteiger partial charge in [0.15, 0.2) is 0 Å². The summed E-state index contributed by atoms with van der Waals surface area (Å²) in [6.45, 7) is 4.17. The lowest BCUT2D eigenvalue weighted by atomic mass is 9.98. The Morgan fingerprint density at radius 2 is 1.65 bits per heavy atom. The average Bonchev–Trinajstić information content (AvgIpc) is 2.29. The molecule has 1 nitrogen and oxygen atoms in total. The molecule has 2 heteroatoms. The Hall–Kier alpha value is -1.28. The second-order valence-corrected chi connectivity index (χ2v) is 5.35. The Balaban J connectivity index is 2.30. The molecule has 0 heterocycles. The molecule has 17 heavy (non-hydrogen) atoms. The highest BCUT2D eigenvalue weighted by Crippen LogP contribution is 2.21. The lowest BCUT2D eigenvalue weighted by molar-refractivity contribution is 1.14. The van der Waals surface area contributed by atoms with Gasteiger partial charge in [0.1, 0.15) is 0 Å². The molecule has 2 N–H and O–H groups in total. The quantitative estimate of drug-likeness (QED) is 0.823. The maximum Gasteiger partial charge on any atom is 0.0346 e. The molecule has 0 saturated heterocycles. The Kier molecular flexibility index (Phi) is 3.53. The molecule has 0 aromatic heterocycles. The minimum Gasteiger partial charge on any atom is -0.399 e. The Labute approximate surface area is 111 Å². The number of halogens is 1. The van der Waals surface area contributed by atoms with E-state index in [2.05, 4.69) is 66.2 Å².